The van der Waals surface area contributed by atoms with E-state index in [2.05, 4.69) is 0 Å². The molecule has 0 aliphatic carbocycles. The normalized spacial score (nSPS) is 10.5. The summed E-state index contributed by atoms with van der Waals surface area (Å²) < 4.78 is 4.85. The number of hydrogen-bond donors (Lipinski definition) is 1. The zero-order chi connectivity index (χ0) is 18.0. The van der Waals surface area contributed by atoms with E-state index in [0.717, 1.165) is 11.1 Å². The van der Waals surface area contributed by atoms with Gasteiger partial charge < -0.3 is 9.84 Å². The van der Waals surface area contributed by atoms with Gasteiger partial charge in [0.05, 0.1) is 15.1 Å². The summed E-state index contributed by atoms with van der Waals surface area (Å²) in [4.78, 5) is 11.1. The topological polar surface area (TPSA) is 46.5 Å². The van der Waals surface area contributed by atoms with E-state index in [-0.39, 0.29) is 15.8 Å². The van der Waals surface area contributed by atoms with Gasteiger partial charge in [0, 0.05) is 11.1 Å². The Balaban J connectivity index is 2.38. The standard InChI is InChI=1S/C19H11Cl3O3/c20-15-13(11-7-3-1-4-8-11)16(21)18(25-19(23)24)17(22)14(15)12-9-5-2-6-10-12/h1-10H,(H,23,24). The minimum atomic E-state index is -1.51. The van der Waals surface area contributed by atoms with Gasteiger partial charge in [0.1, 0.15) is 0 Å². The summed E-state index contributed by atoms with van der Waals surface area (Å²) in [6, 6.07) is 18.3. The number of ether oxygens (including phenoxy) is 1. The molecule has 3 aromatic rings. The molecule has 0 bridgehead atoms. The first-order valence-corrected chi connectivity index (χ1v) is 8.36. The summed E-state index contributed by atoms with van der Waals surface area (Å²) in [5.74, 6) is -0.141. The van der Waals surface area contributed by atoms with Crippen LogP contribution in [-0.4, -0.2) is 11.3 Å². The Morgan fingerprint density at radius 2 is 1.12 bits per heavy atom. The van der Waals surface area contributed by atoms with Crippen molar-refractivity contribution in [2.45, 2.75) is 0 Å². The van der Waals surface area contributed by atoms with Crippen molar-refractivity contribution in [1.82, 2.24) is 0 Å². The molecule has 0 saturated heterocycles. The molecule has 0 fully saturated rings. The SMILES string of the molecule is O=C(O)Oc1c(Cl)c(-c2ccccc2)c(Cl)c(-c2ccccc2)c1Cl. The van der Waals surface area contributed by atoms with Gasteiger partial charge in [-0.3, -0.25) is 0 Å². The van der Waals surface area contributed by atoms with Gasteiger partial charge in [-0.05, 0) is 11.1 Å². The minimum absolute atomic E-state index is 0.0447. The molecule has 3 rings (SSSR count). The van der Waals surface area contributed by atoms with Crippen molar-refractivity contribution < 1.29 is 14.6 Å². The van der Waals surface area contributed by atoms with Crippen LogP contribution in [-0.2, 0) is 0 Å². The lowest BCUT2D eigenvalue weighted by molar-refractivity contribution is 0.144. The molecule has 6 heteroatoms. The Morgan fingerprint density at radius 1 is 0.720 bits per heavy atom. The third kappa shape index (κ3) is 3.45. The summed E-state index contributed by atoms with van der Waals surface area (Å²) in [5, 5.41) is 9.45. The Kier molecular flexibility index (Phi) is 5.19. The van der Waals surface area contributed by atoms with Gasteiger partial charge in [0.25, 0.3) is 0 Å². The maximum absolute atomic E-state index is 11.1. The van der Waals surface area contributed by atoms with Gasteiger partial charge in [-0.1, -0.05) is 95.5 Å². The lowest BCUT2D eigenvalue weighted by Gasteiger charge is -2.18. The summed E-state index contributed by atoms with van der Waals surface area (Å²) in [6.07, 6.45) is -1.51. The molecule has 0 amide bonds. The van der Waals surface area contributed by atoms with Gasteiger partial charge in [-0.25, -0.2) is 4.79 Å². The van der Waals surface area contributed by atoms with E-state index in [0.29, 0.717) is 16.1 Å². The highest BCUT2D eigenvalue weighted by Gasteiger charge is 2.25. The molecular weight excluding hydrogens is 383 g/mol. The van der Waals surface area contributed by atoms with Crippen molar-refractivity contribution in [3.63, 3.8) is 0 Å². The highest BCUT2D eigenvalue weighted by molar-refractivity contribution is 6.46. The average Bonchev–Trinajstić information content (AvgIpc) is 2.60. The average molecular weight is 394 g/mol. The predicted octanol–water partition coefficient (Wildman–Crippen LogP) is 7.04. The molecule has 25 heavy (non-hydrogen) atoms. The van der Waals surface area contributed by atoms with Gasteiger partial charge in [-0.15, -0.1) is 0 Å². The molecule has 126 valence electrons. The molecule has 0 heterocycles. The summed E-state index contributed by atoms with van der Waals surface area (Å²) in [6.45, 7) is 0. The second-order valence-corrected chi connectivity index (χ2v) is 6.25. The fourth-order valence-corrected chi connectivity index (χ4v) is 3.76. The van der Waals surface area contributed by atoms with E-state index in [4.69, 9.17) is 44.6 Å². The number of halogens is 3. The van der Waals surface area contributed by atoms with E-state index < -0.39 is 6.16 Å². The molecule has 0 aliphatic rings. The Bertz CT molecular complexity index is 859. The largest absolute Gasteiger partial charge is 0.511 e. The van der Waals surface area contributed by atoms with Crippen molar-refractivity contribution >= 4 is 41.0 Å². The fourth-order valence-electron chi connectivity index (χ4n) is 2.53. The monoisotopic (exact) mass is 392 g/mol. The molecule has 3 aromatic carbocycles. The van der Waals surface area contributed by atoms with Crippen LogP contribution in [0.1, 0.15) is 0 Å². The number of carboxylic acid groups (broad SMARTS) is 1. The lowest BCUT2D eigenvalue weighted by Crippen LogP contribution is -2.05. The molecule has 0 aliphatic heterocycles. The second-order valence-electron chi connectivity index (χ2n) is 5.12. The van der Waals surface area contributed by atoms with Crippen molar-refractivity contribution in [2.75, 3.05) is 0 Å². The molecule has 1 N–H and O–H groups in total. The van der Waals surface area contributed by atoms with Crippen LogP contribution >= 0.6 is 34.8 Å². The molecule has 0 radical (unpaired) electrons. The van der Waals surface area contributed by atoms with Crippen LogP contribution in [0.3, 0.4) is 0 Å². The molecular formula is C19H11Cl3O3. The Hall–Kier alpha value is -2.20. The van der Waals surface area contributed by atoms with Crippen molar-refractivity contribution in [3.8, 4) is 28.0 Å². The maximum atomic E-state index is 11.1. The third-order valence-electron chi connectivity index (χ3n) is 3.59. The first kappa shape index (κ1) is 17.6. The van der Waals surface area contributed by atoms with E-state index in [1.165, 1.54) is 0 Å². The molecule has 0 saturated carbocycles. The van der Waals surface area contributed by atoms with Gasteiger partial charge in [0.2, 0.25) is 0 Å². The molecule has 0 spiro atoms. The summed E-state index contributed by atoms with van der Waals surface area (Å²) >= 11 is 19.4. The van der Waals surface area contributed by atoms with Crippen LogP contribution in [0.2, 0.25) is 15.1 Å². The summed E-state index contributed by atoms with van der Waals surface area (Å²) in [5.41, 5.74) is 2.37. The van der Waals surface area contributed by atoms with Crippen molar-refractivity contribution in [2.24, 2.45) is 0 Å². The van der Waals surface area contributed by atoms with E-state index in [1.54, 1.807) is 0 Å². The maximum Gasteiger partial charge on any atom is 0.511 e. The van der Waals surface area contributed by atoms with E-state index >= 15 is 0 Å². The molecule has 3 nitrogen and oxygen atoms in total. The summed E-state index contributed by atoms with van der Waals surface area (Å²) in [7, 11) is 0. The van der Waals surface area contributed by atoms with Crippen LogP contribution in [0.4, 0.5) is 4.79 Å². The Labute approximate surface area is 159 Å². The number of rotatable bonds is 3. The van der Waals surface area contributed by atoms with Gasteiger partial charge >= 0.3 is 6.16 Å². The highest BCUT2D eigenvalue weighted by Crippen LogP contribution is 2.51. The minimum Gasteiger partial charge on any atom is -0.449 e. The van der Waals surface area contributed by atoms with Gasteiger partial charge in [0.15, 0.2) is 5.75 Å². The van der Waals surface area contributed by atoms with Crippen LogP contribution in [0.25, 0.3) is 22.3 Å². The smallest absolute Gasteiger partial charge is 0.449 e. The van der Waals surface area contributed by atoms with Crippen LogP contribution in [0.15, 0.2) is 60.7 Å². The Morgan fingerprint density at radius 3 is 1.48 bits per heavy atom. The first-order chi connectivity index (χ1) is 12.0. The molecule has 0 unspecified atom stereocenters. The zero-order valence-electron chi connectivity index (χ0n) is 12.7. The highest BCUT2D eigenvalue weighted by atomic mass is 35.5. The quantitative estimate of drug-likeness (QED) is 0.383. The number of benzene rings is 3. The second kappa shape index (κ2) is 7.36. The van der Waals surface area contributed by atoms with E-state index in [9.17, 15) is 4.79 Å². The fraction of sp³-hybridized carbons (Fsp3) is 0. The van der Waals surface area contributed by atoms with Gasteiger partial charge in [-0.2, -0.15) is 0 Å². The van der Waals surface area contributed by atoms with Crippen LogP contribution in [0, 0.1) is 0 Å². The predicted molar refractivity (Wildman–Crippen MR) is 101 cm³/mol. The van der Waals surface area contributed by atoms with Crippen LogP contribution in [0.5, 0.6) is 5.75 Å². The molecule has 0 aromatic heterocycles. The first-order valence-electron chi connectivity index (χ1n) is 7.22. The zero-order valence-corrected chi connectivity index (χ0v) is 14.9. The van der Waals surface area contributed by atoms with Crippen molar-refractivity contribution in [1.29, 1.82) is 0 Å². The number of hydrogen-bond acceptors (Lipinski definition) is 2. The van der Waals surface area contributed by atoms with Crippen LogP contribution < -0.4 is 4.74 Å². The molecule has 0 atom stereocenters. The third-order valence-corrected chi connectivity index (χ3v) is 4.69. The number of carbonyl (C=O) groups is 1. The lowest BCUT2D eigenvalue weighted by atomic mass is 9.98. The van der Waals surface area contributed by atoms with Crippen molar-refractivity contribution in [3.05, 3.63) is 75.7 Å². The van der Waals surface area contributed by atoms with E-state index in [1.807, 2.05) is 60.7 Å².